The van der Waals surface area contributed by atoms with Gasteiger partial charge >= 0.3 is 0 Å². The lowest BCUT2D eigenvalue weighted by atomic mass is 9.70. The van der Waals surface area contributed by atoms with Crippen molar-refractivity contribution in [2.75, 3.05) is 0 Å². The number of amidine groups is 2. The largest absolute Gasteiger partial charge is 0.324 e. The second-order valence-corrected chi connectivity index (χ2v) is 14.6. The van der Waals surface area contributed by atoms with Gasteiger partial charge in [-0.2, -0.15) is 0 Å². The van der Waals surface area contributed by atoms with E-state index in [2.05, 4.69) is 157 Å². The van der Waals surface area contributed by atoms with E-state index in [1.807, 2.05) is 11.3 Å². The van der Waals surface area contributed by atoms with Gasteiger partial charge in [-0.25, -0.2) is 9.98 Å². The number of fused-ring (bicyclic) bond motifs is 14. The van der Waals surface area contributed by atoms with Gasteiger partial charge in [0.2, 0.25) is 0 Å². The van der Waals surface area contributed by atoms with Gasteiger partial charge in [-0.05, 0) is 69.5 Å². The molecule has 0 fully saturated rings. The molecular weight excluding hydrogens is 627 g/mol. The third kappa shape index (κ3) is 3.80. The maximum absolute atomic E-state index is 5.31. The molecule has 0 bridgehead atoms. The molecule has 2 heterocycles. The van der Waals surface area contributed by atoms with Crippen molar-refractivity contribution >= 4 is 43.2 Å². The van der Waals surface area contributed by atoms with Crippen LogP contribution < -0.4 is 5.32 Å². The first-order chi connectivity index (χ1) is 24.8. The average Bonchev–Trinajstić information content (AvgIpc) is 3.82. The monoisotopic (exact) mass is 657 g/mol. The van der Waals surface area contributed by atoms with Crippen molar-refractivity contribution in [2.24, 2.45) is 9.98 Å². The molecule has 1 spiro atoms. The highest BCUT2D eigenvalue weighted by atomic mass is 32.1. The van der Waals surface area contributed by atoms with Crippen LogP contribution in [0.15, 0.2) is 167 Å². The molecule has 2 unspecified atom stereocenters. The van der Waals surface area contributed by atoms with Crippen molar-refractivity contribution in [3.63, 3.8) is 0 Å². The Bertz CT molecular complexity index is 2690. The molecule has 1 aromatic heterocycles. The van der Waals surface area contributed by atoms with Crippen LogP contribution in [0.1, 0.15) is 46.2 Å². The topological polar surface area (TPSA) is 36.8 Å². The molecule has 6 aromatic carbocycles. The molecular formula is C46H31N3S. The van der Waals surface area contributed by atoms with Crippen LogP contribution in [-0.2, 0) is 5.41 Å². The minimum atomic E-state index is -0.445. The van der Waals surface area contributed by atoms with Gasteiger partial charge in [-0.3, -0.25) is 0 Å². The summed E-state index contributed by atoms with van der Waals surface area (Å²) in [6, 6.07) is 49.2. The Balaban J connectivity index is 1.16. The predicted octanol–water partition coefficient (Wildman–Crippen LogP) is 10.8. The van der Waals surface area contributed by atoms with Gasteiger partial charge in [0, 0.05) is 36.9 Å². The van der Waals surface area contributed by atoms with Crippen LogP contribution in [0.5, 0.6) is 0 Å². The highest BCUT2D eigenvalue weighted by Gasteiger charge is 2.52. The van der Waals surface area contributed by atoms with Gasteiger partial charge in [-0.1, -0.05) is 140 Å². The van der Waals surface area contributed by atoms with E-state index in [1.165, 1.54) is 70.3 Å². The minimum absolute atomic E-state index is 0.264. The van der Waals surface area contributed by atoms with Gasteiger partial charge in [0.1, 0.15) is 11.7 Å². The van der Waals surface area contributed by atoms with E-state index in [1.54, 1.807) is 0 Å². The Labute approximate surface area is 294 Å². The molecule has 3 nitrogen and oxygen atoms in total. The molecule has 1 N–H and O–H groups in total. The van der Waals surface area contributed by atoms with Gasteiger partial charge in [-0.15, -0.1) is 11.3 Å². The van der Waals surface area contributed by atoms with Gasteiger partial charge < -0.3 is 5.32 Å². The Hall–Kier alpha value is -5.84. The maximum atomic E-state index is 5.31. The fourth-order valence-electron chi connectivity index (χ4n) is 8.89. The molecule has 0 saturated heterocycles. The first-order valence-electron chi connectivity index (χ1n) is 17.4. The first kappa shape index (κ1) is 28.0. The molecule has 50 heavy (non-hydrogen) atoms. The fourth-order valence-corrected chi connectivity index (χ4v) is 10.2. The van der Waals surface area contributed by atoms with Crippen molar-refractivity contribution in [3.8, 4) is 22.3 Å². The first-order valence-corrected chi connectivity index (χ1v) is 18.2. The van der Waals surface area contributed by atoms with Crippen molar-refractivity contribution in [3.05, 3.63) is 191 Å². The molecule has 0 radical (unpaired) electrons. The lowest BCUT2D eigenvalue weighted by molar-refractivity contribution is 0.740. The van der Waals surface area contributed by atoms with E-state index < -0.39 is 5.41 Å². The summed E-state index contributed by atoms with van der Waals surface area (Å²) in [5, 5.41) is 6.35. The molecule has 4 heteroatoms. The third-order valence-electron chi connectivity index (χ3n) is 11.0. The van der Waals surface area contributed by atoms with Crippen molar-refractivity contribution < 1.29 is 0 Å². The summed E-state index contributed by atoms with van der Waals surface area (Å²) < 4.78 is 2.70. The standard InChI is InChI=1S/C46H31N3S/c1-3-13-28(14-4-1)43-47-44(29-15-5-2-6-16-29)49-45(48-43)30-23-24-32-31-17-7-10-20-36(31)46(39(32)27-30)37-21-11-8-19-35(37)41-38(46)26-25-34-33-18-9-12-22-40(33)50-42(34)41/h1-5,7-15,17-27,44H,6,16H2,(H,47,48,49). The van der Waals surface area contributed by atoms with Gasteiger partial charge in [0.25, 0.3) is 0 Å². The van der Waals surface area contributed by atoms with E-state index in [9.17, 15) is 0 Å². The third-order valence-corrected chi connectivity index (χ3v) is 12.2. The molecule has 4 aliphatic rings. The highest BCUT2D eigenvalue weighted by Crippen LogP contribution is 2.64. The number of rotatable bonds is 3. The zero-order chi connectivity index (χ0) is 32.8. The Morgan fingerprint density at radius 1 is 0.600 bits per heavy atom. The second kappa shape index (κ2) is 10.6. The van der Waals surface area contributed by atoms with E-state index in [4.69, 9.17) is 9.98 Å². The molecule has 7 aromatic rings. The van der Waals surface area contributed by atoms with Crippen LogP contribution in [0.2, 0.25) is 0 Å². The Morgan fingerprint density at radius 3 is 2.16 bits per heavy atom. The number of allylic oxidation sites excluding steroid dienone is 3. The zero-order valence-electron chi connectivity index (χ0n) is 27.2. The molecule has 0 saturated carbocycles. The molecule has 11 rings (SSSR count). The van der Waals surface area contributed by atoms with Crippen LogP contribution in [0.4, 0.5) is 0 Å². The summed E-state index contributed by atoms with van der Waals surface area (Å²) in [6.07, 6.45) is 8.28. The van der Waals surface area contributed by atoms with Crippen LogP contribution >= 0.6 is 11.3 Å². The average molecular weight is 658 g/mol. The number of hydrogen-bond donors (Lipinski definition) is 1. The molecule has 2 atom stereocenters. The van der Waals surface area contributed by atoms with Crippen LogP contribution in [0, 0.1) is 0 Å². The van der Waals surface area contributed by atoms with Crippen molar-refractivity contribution in [1.29, 1.82) is 0 Å². The lowest BCUT2D eigenvalue weighted by Crippen LogP contribution is -2.38. The van der Waals surface area contributed by atoms with Crippen LogP contribution in [0.3, 0.4) is 0 Å². The minimum Gasteiger partial charge on any atom is -0.324 e. The summed E-state index contributed by atoms with van der Waals surface area (Å²) in [5.41, 5.74) is 13.6. The quantitative estimate of drug-likeness (QED) is 0.202. The number of thiophene rings is 1. The van der Waals surface area contributed by atoms with E-state index in [0.717, 1.165) is 35.6 Å². The zero-order valence-corrected chi connectivity index (χ0v) is 28.0. The molecule has 0 amide bonds. The molecule has 236 valence electrons. The van der Waals surface area contributed by atoms with Crippen molar-refractivity contribution in [1.82, 2.24) is 5.32 Å². The fraction of sp³-hybridized carbons (Fsp3) is 0.0870. The SMILES string of the molecule is C1=CCCC(C2N=C(c3ccccc3)NC(c3ccc4c(c3)C3(c5ccccc5-4)c4ccccc4-c4c3ccc3c4sc4ccccc43)=N2)=C1. The highest BCUT2D eigenvalue weighted by molar-refractivity contribution is 7.26. The van der Waals surface area contributed by atoms with Crippen LogP contribution in [-0.4, -0.2) is 17.8 Å². The number of nitrogens with one attached hydrogen (secondary N) is 1. The number of hydrogen-bond acceptors (Lipinski definition) is 4. The molecule has 3 aliphatic carbocycles. The van der Waals surface area contributed by atoms with Gasteiger partial charge in [0.15, 0.2) is 6.17 Å². The maximum Gasteiger partial charge on any atom is 0.166 e. The summed E-state index contributed by atoms with van der Waals surface area (Å²) in [5.74, 6) is 1.72. The van der Waals surface area contributed by atoms with E-state index in [-0.39, 0.29) is 6.17 Å². The Kier molecular flexibility index (Phi) is 5.93. The number of aliphatic imine (C=N–C) groups is 2. The van der Waals surface area contributed by atoms with Crippen LogP contribution in [0.25, 0.3) is 42.4 Å². The summed E-state index contributed by atoms with van der Waals surface area (Å²) in [6.45, 7) is 0. The summed E-state index contributed by atoms with van der Waals surface area (Å²) in [4.78, 5) is 10.5. The summed E-state index contributed by atoms with van der Waals surface area (Å²) in [7, 11) is 0. The number of benzene rings is 6. The lowest BCUT2D eigenvalue weighted by Gasteiger charge is -2.31. The predicted molar refractivity (Wildman–Crippen MR) is 209 cm³/mol. The smallest absolute Gasteiger partial charge is 0.166 e. The number of nitrogens with zero attached hydrogens (tertiary/aromatic N) is 2. The van der Waals surface area contributed by atoms with E-state index >= 15 is 0 Å². The Morgan fingerprint density at radius 2 is 1.32 bits per heavy atom. The van der Waals surface area contributed by atoms with E-state index in [0.29, 0.717) is 0 Å². The molecule has 1 aliphatic heterocycles. The normalized spacial score (nSPS) is 19.8. The van der Waals surface area contributed by atoms with Gasteiger partial charge in [0.05, 0.1) is 5.41 Å². The summed E-state index contributed by atoms with van der Waals surface area (Å²) >= 11 is 1.92. The second-order valence-electron chi connectivity index (χ2n) is 13.6. The van der Waals surface area contributed by atoms with Crippen molar-refractivity contribution in [2.45, 2.75) is 24.4 Å².